The van der Waals surface area contributed by atoms with Crippen molar-refractivity contribution in [1.29, 1.82) is 0 Å². The second-order valence-electron chi connectivity index (χ2n) is 8.69. The van der Waals surface area contributed by atoms with Gasteiger partial charge < -0.3 is 4.90 Å². The van der Waals surface area contributed by atoms with Crippen LogP contribution in [0.15, 0.2) is 11.7 Å². The van der Waals surface area contributed by atoms with Gasteiger partial charge in [-0.2, -0.15) is 0 Å². The van der Waals surface area contributed by atoms with E-state index < -0.39 is 0 Å². The van der Waals surface area contributed by atoms with E-state index in [0.29, 0.717) is 0 Å². The van der Waals surface area contributed by atoms with E-state index in [1.807, 2.05) is 11.3 Å². The summed E-state index contributed by atoms with van der Waals surface area (Å²) in [5.74, 6) is 3.40. The molecule has 4 heterocycles. The molecule has 144 valence electrons. The molecule has 2 aromatic rings. The molecule has 1 aliphatic carbocycles. The number of fused-ring (bicyclic) bond motifs is 1. The molecular weight excluding hydrogens is 354 g/mol. The molecule has 0 aromatic carbocycles. The van der Waals surface area contributed by atoms with Gasteiger partial charge in [0.05, 0.1) is 10.7 Å². The van der Waals surface area contributed by atoms with Crippen LogP contribution >= 0.6 is 11.3 Å². The van der Waals surface area contributed by atoms with Crippen molar-refractivity contribution in [2.24, 2.45) is 11.8 Å². The summed E-state index contributed by atoms with van der Waals surface area (Å²) in [6.45, 7) is 9.90. The highest BCUT2D eigenvalue weighted by Gasteiger charge is 2.40. The number of anilines is 1. The van der Waals surface area contributed by atoms with Crippen LogP contribution in [0.4, 0.5) is 5.82 Å². The van der Waals surface area contributed by atoms with Crippen molar-refractivity contribution in [3.05, 3.63) is 33.7 Å². The molecule has 2 unspecified atom stereocenters. The summed E-state index contributed by atoms with van der Waals surface area (Å²) in [6, 6.07) is 0. The van der Waals surface area contributed by atoms with E-state index >= 15 is 0 Å². The van der Waals surface area contributed by atoms with Gasteiger partial charge >= 0.3 is 0 Å². The van der Waals surface area contributed by atoms with Crippen LogP contribution in [0.1, 0.15) is 53.6 Å². The van der Waals surface area contributed by atoms with Gasteiger partial charge in [0.1, 0.15) is 12.1 Å². The Hall–Kier alpha value is -1.53. The van der Waals surface area contributed by atoms with E-state index in [9.17, 15) is 0 Å². The lowest BCUT2D eigenvalue weighted by Crippen LogP contribution is -2.29. The summed E-state index contributed by atoms with van der Waals surface area (Å²) < 4.78 is 0. The van der Waals surface area contributed by atoms with Crippen molar-refractivity contribution < 1.29 is 0 Å². The van der Waals surface area contributed by atoms with Crippen LogP contribution in [-0.4, -0.2) is 46.0 Å². The normalized spacial score (nSPS) is 26.2. The van der Waals surface area contributed by atoms with Gasteiger partial charge in [0.25, 0.3) is 0 Å². The average molecular weight is 384 g/mol. The van der Waals surface area contributed by atoms with E-state index in [1.165, 1.54) is 55.0 Å². The standard InChI is InChI=1S/C21H29N5S/c1-14-15(2)22-13-23-20(14)26-9-17-7-25(8-18(17)10-26)11-19-12-27-21(24-19)16-5-3-4-6-16/h12-13,16-18H,3-11H2,1-2H3. The first kappa shape index (κ1) is 17.6. The summed E-state index contributed by atoms with van der Waals surface area (Å²) in [6.07, 6.45) is 7.17. The molecule has 0 spiro atoms. The third-order valence-electron chi connectivity index (χ3n) is 6.83. The Labute approximate surface area is 165 Å². The first-order chi connectivity index (χ1) is 13.2. The van der Waals surface area contributed by atoms with Gasteiger partial charge in [-0.3, -0.25) is 4.90 Å². The van der Waals surface area contributed by atoms with Crippen molar-refractivity contribution in [3.8, 4) is 0 Å². The number of likely N-dealkylation sites (tertiary alicyclic amines) is 1. The maximum Gasteiger partial charge on any atom is 0.135 e. The van der Waals surface area contributed by atoms with Crippen molar-refractivity contribution in [1.82, 2.24) is 19.9 Å². The summed E-state index contributed by atoms with van der Waals surface area (Å²) in [7, 11) is 0. The zero-order valence-electron chi connectivity index (χ0n) is 16.4. The summed E-state index contributed by atoms with van der Waals surface area (Å²) in [4.78, 5) is 19.0. The molecule has 27 heavy (non-hydrogen) atoms. The lowest BCUT2D eigenvalue weighted by atomic mass is 10.0. The van der Waals surface area contributed by atoms with Gasteiger partial charge in [-0.1, -0.05) is 12.8 Å². The Morgan fingerprint density at radius 2 is 1.78 bits per heavy atom. The van der Waals surface area contributed by atoms with Crippen molar-refractivity contribution in [2.45, 2.75) is 52.0 Å². The Morgan fingerprint density at radius 1 is 1.04 bits per heavy atom. The Kier molecular flexibility index (Phi) is 4.64. The molecule has 5 nitrogen and oxygen atoms in total. The number of aryl methyl sites for hydroxylation is 1. The monoisotopic (exact) mass is 383 g/mol. The maximum atomic E-state index is 4.98. The highest BCUT2D eigenvalue weighted by atomic mass is 32.1. The molecule has 5 rings (SSSR count). The SMILES string of the molecule is Cc1ncnc(N2CC3CN(Cc4csc(C5CCCC5)n4)CC3C2)c1C. The highest BCUT2D eigenvalue weighted by molar-refractivity contribution is 7.09. The van der Waals surface area contributed by atoms with Gasteiger partial charge in [0.2, 0.25) is 0 Å². The molecule has 0 amide bonds. The van der Waals surface area contributed by atoms with Gasteiger partial charge in [-0.05, 0) is 38.5 Å². The number of hydrogen-bond donors (Lipinski definition) is 0. The fourth-order valence-electron chi connectivity index (χ4n) is 5.22. The van der Waals surface area contributed by atoms with E-state index in [2.05, 4.69) is 39.0 Å². The summed E-state index contributed by atoms with van der Waals surface area (Å²) in [5.41, 5.74) is 3.62. The molecule has 2 atom stereocenters. The molecule has 2 saturated heterocycles. The predicted molar refractivity (Wildman–Crippen MR) is 109 cm³/mol. The number of hydrogen-bond acceptors (Lipinski definition) is 6. The quantitative estimate of drug-likeness (QED) is 0.804. The highest BCUT2D eigenvalue weighted by Crippen LogP contribution is 2.37. The zero-order valence-corrected chi connectivity index (χ0v) is 17.2. The Bertz CT molecular complexity index is 799. The second kappa shape index (κ2) is 7.13. The number of rotatable bonds is 4. The Morgan fingerprint density at radius 3 is 2.52 bits per heavy atom. The van der Waals surface area contributed by atoms with Crippen LogP contribution in [0.25, 0.3) is 0 Å². The van der Waals surface area contributed by atoms with E-state index in [1.54, 1.807) is 6.33 Å². The smallest absolute Gasteiger partial charge is 0.135 e. The molecular formula is C21H29N5S. The molecule has 2 aliphatic heterocycles. The molecule has 1 saturated carbocycles. The number of nitrogens with zero attached hydrogens (tertiary/aromatic N) is 5. The topological polar surface area (TPSA) is 45.2 Å². The average Bonchev–Trinajstić information content (AvgIpc) is 3.40. The van der Waals surface area contributed by atoms with Gasteiger partial charge in [0, 0.05) is 55.3 Å². The van der Waals surface area contributed by atoms with Gasteiger partial charge in [0.15, 0.2) is 0 Å². The van der Waals surface area contributed by atoms with E-state index in [-0.39, 0.29) is 0 Å². The molecule has 6 heteroatoms. The van der Waals surface area contributed by atoms with Crippen LogP contribution < -0.4 is 4.90 Å². The van der Waals surface area contributed by atoms with Crippen LogP contribution in [0, 0.1) is 25.7 Å². The first-order valence-electron chi connectivity index (χ1n) is 10.4. The van der Waals surface area contributed by atoms with Crippen molar-refractivity contribution in [3.63, 3.8) is 0 Å². The minimum absolute atomic E-state index is 0.745. The molecule has 2 aromatic heterocycles. The first-order valence-corrected chi connectivity index (χ1v) is 11.2. The summed E-state index contributed by atoms with van der Waals surface area (Å²) in [5, 5.41) is 3.70. The van der Waals surface area contributed by atoms with Crippen LogP contribution in [0.3, 0.4) is 0 Å². The molecule has 3 aliphatic rings. The fraction of sp³-hybridized carbons (Fsp3) is 0.667. The van der Waals surface area contributed by atoms with E-state index in [4.69, 9.17) is 4.98 Å². The molecule has 0 radical (unpaired) electrons. The Balaban J connectivity index is 1.19. The third kappa shape index (κ3) is 3.38. The van der Waals surface area contributed by atoms with E-state index in [0.717, 1.165) is 48.9 Å². The lowest BCUT2D eigenvalue weighted by molar-refractivity contribution is 0.305. The molecule has 0 bridgehead atoms. The zero-order chi connectivity index (χ0) is 18.4. The number of thiazole rings is 1. The third-order valence-corrected chi connectivity index (χ3v) is 7.89. The minimum atomic E-state index is 0.745. The maximum absolute atomic E-state index is 4.98. The molecule has 3 fully saturated rings. The largest absolute Gasteiger partial charge is 0.356 e. The number of aromatic nitrogens is 3. The second-order valence-corrected chi connectivity index (χ2v) is 9.58. The fourth-order valence-corrected chi connectivity index (χ4v) is 6.20. The summed E-state index contributed by atoms with van der Waals surface area (Å²) >= 11 is 1.89. The van der Waals surface area contributed by atoms with Gasteiger partial charge in [-0.25, -0.2) is 15.0 Å². The van der Waals surface area contributed by atoms with Crippen molar-refractivity contribution >= 4 is 17.2 Å². The van der Waals surface area contributed by atoms with Crippen molar-refractivity contribution in [2.75, 3.05) is 31.1 Å². The lowest BCUT2D eigenvalue weighted by Gasteiger charge is -2.23. The predicted octanol–water partition coefficient (Wildman–Crippen LogP) is 3.78. The molecule has 0 N–H and O–H groups in total. The minimum Gasteiger partial charge on any atom is -0.356 e. The van der Waals surface area contributed by atoms with Crippen LogP contribution in [0.2, 0.25) is 0 Å². The van der Waals surface area contributed by atoms with Crippen LogP contribution in [0.5, 0.6) is 0 Å². The van der Waals surface area contributed by atoms with Crippen LogP contribution in [-0.2, 0) is 6.54 Å². The van der Waals surface area contributed by atoms with Gasteiger partial charge in [-0.15, -0.1) is 11.3 Å².